The molecule has 0 unspecified atom stereocenters. The van der Waals surface area contributed by atoms with Gasteiger partial charge < -0.3 is 20.1 Å². The highest BCUT2D eigenvalue weighted by atomic mass is 32.2. The smallest absolute Gasteiger partial charge is 0.240 e. The van der Waals surface area contributed by atoms with Gasteiger partial charge in [-0.05, 0) is 36.9 Å². The van der Waals surface area contributed by atoms with E-state index in [-0.39, 0.29) is 4.90 Å². The van der Waals surface area contributed by atoms with Gasteiger partial charge in [0.25, 0.3) is 0 Å². The number of hydrogen-bond donors (Lipinski definition) is 3. The van der Waals surface area contributed by atoms with E-state index in [4.69, 9.17) is 9.47 Å². The quantitative estimate of drug-likeness (QED) is 0.520. The Bertz CT molecular complexity index is 943. The summed E-state index contributed by atoms with van der Waals surface area (Å²) in [5.74, 6) is 2.03. The van der Waals surface area contributed by atoms with Crippen LogP contribution in [0.5, 0.6) is 11.5 Å². The molecule has 2 aromatic rings. The van der Waals surface area contributed by atoms with Crippen LogP contribution in [0.15, 0.2) is 52.4 Å². The van der Waals surface area contributed by atoms with Gasteiger partial charge in [0.2, 0.25) is 10.0 Å². The largest absolute Gasteiger partial charge is 0.490 e. The van der Waals surface area contributed by atoms with Crippen LogP contribution >= 0.6 is 0 Å². The Labute approximate surface area is 165 Å². The summed E-state index contributed by atoms with van der Waals surface area (Å²) in [5.41, 5.74) is 1.75. The van der Waals surface area contributed by atoms with Crippen LogP contribution in [0.3, 0.4) is 0 Å². The van der Waals surface area contributed by atoms with Crippen LogP contribution in [0.2, 0.25) is 0 Å². The van der Waals surface area contributed by atoms with Gasteiger partial charge in [0.15, 0.2) is 17.5 Å². The van der Waals surface area contributed by atoms with Crippen molar-refractivity contribution in [3.63, 3.8) is 0 Å². The van der Waals surface area contributed by atoms with Gasteiger partial charge in [-0.1, -0.05) is 12.1 Å². The number of hydrogen-bond acceptors (Lipinski definition) is 5. The monoisotopic (exact) mass is 404 g/mol. The fourth-order valence-corrected chi connectivity index (χ4v) is 3.38. The topological polar surface area (TPSA) is 101 Å². The first-order valence-corrected chi connectivity index (χ1v) is 10.4. The number of nitrogens with zero attached hydrogens (tertiary/aromatic N) is 1. The summed E-state index contributed by atoms with van der Waals surface area (Å²) in [5, 5.41) is 6.41. The lowest BCUT2D eigenvalue weighted by Gasteiger charge is -2.14. The molecule has 3 N–H and O–H groups in total. The lowest BCUT2D eigenvalue weighted by Crippen LogP contribution is -2.30. The second-order valence-corrected chi connectivity index (χ2v) is 8.00. The normalized spacial score (nSPS) is 14.3. The first-order chi connectivity index (χ1) is 13.5. The fraction of sp³-hybridized carbons (Fsp3) is 0.316. The second-order valence-electron chi connectivity index (χ2n) is 6.11. The number of aliphatic imine (C=N–C) groups is 1. The number of guanidine groups is 1. The fourth-order valence-electron chi connectivity index (χ4n) is 2.65. The molecule has 0 saturated heterocycles. The number of rotatable bonds is 5. The highest BCUT2D eigenvalue weighted by Gasteiger charge is 2.12. The summed E-state index contributed by atoms with van der Waals surface area (Å²) in [7, 11) is -0.360. The zero-order chi connectivity index (χ0) is 20.0. The van der Waals surface area contributed by atoms with Gasteiger partial charge in [0.1, 0.15) is 0 Å². The summed E-state index contributed by atoms with van der Waals surface area (Å²) >= 11 is 0. The molecule has 0 bridgehead atoms. The SMILES string of the molecule is CN=C(NCc1ccc(S(=O)(=O)NC)cc1)Nc1ccc2c(c1)OCCCO2. The minimum absolute atomic E-state index is 0.230. The molecular weight excluding hydrogens is 380 g/mol. The van der Waals surface area contributed by atoms with Crippen LogP contribution in [0.25, 0.3) is 0 Å². The van der Waals surface area contributed by atoms with Gasteiger partial charge in [0, 0.05) is 31.8 Å². The first-order valence-electron chi connectivity index (χ1n) is 8.91. The molecule has 0 aromatic heterocycles. The van der Waals surface area contributed by atoms with Crippen molar-refractivity contribution in [1.29, 1.82) is 0 Å². The van der Waals surface area contributed by atoms with Crippen molar-refractivity contribution in [3.8, 4) is 11.5 Å². The third-order valence-corrected chi connectivity index (χ3v) is 5.63. The summed E-state index contributed by atoms with van der Waals surface area (Å²) in [4.78, 5) is 4.45. The van der Waals surface area contributed by atoms with E-state index in [2.05, 4.69) is 20.3 Å². The van der Waals surface area contributed by atoms with Gasteiger partial charge in [0.05, 0.1) is 18.1 Å². The van der Waals surface area contributed by atoms with Crippen LogP contribution < -0.4 is 24.8 Å². The number of fused-ring (bicyclic) bond motifs is 1. The van der Waals surface area contributed by atoms with Crippen LogP contribution in [-0.4, -0.2) is 41.7 Å². The molecule has 9 heteroatoms. The average Bonchev–Trinajstić information content (AvgIpc) is 2.96. The number of nitrogens with one attached hydrogen (secondary N) is 3. The Morgan fingerprint density at radius 2 is 1.79 bits per heavy atom. The van der Waals surface area contributed by atoms with E-state index in [0.717, 1.165) is 23.4 Å². The molecule has 1 aliphatic heterocycles. The van der Waals surface area contributed by atoms with Crippen molar-refractivity contribution in [2.75, 3.05) is 32.6 Å². The van der Waals surface area contributed by atoms with E-state index in [1.807, 2.05) is 18.2 Å². The second kappa shape index (κ2) is 8.94. The van der Waals surface area contributed by atoms with Gasteiger partial charge in [-0.25, -0.2) is 13.1 Å². The van der Waals surface area contributed by atoms with E-state index in [9.17, 15) is 8.42 Å². The molecule has 8 nitrogen and oxygen atoms in total. The molecule has 28 heavy (non-hydrogen) atoms. The summed E-state index contributed by atoms with van der Waals surface area (Å²) in [6, 6.07) is 12.3. The molecule has 0 radical (unpaired) electrons. The van der Waals surface area contributed by atoms with Crippen LogP contribution in [-0.2, 0) is 16.6 Å². The van der Waals surface area contributed by atoms with E-state index < -0.39 is 10.0 Å². The predicted molar refractivity (Wildman–Crippen MR) is 109 cm³/mol. The van der Waals surface area contributed by atoms with Gasteiger partial charge in [-0.15, -0.1) is 0 Å². The highest BCUT2D eigenvalue weighted by molar-refractivity contribution is 7.89. The van der Waals surface area contributed by atoms with Crippen molar-refractivity contribution in [1.82, 2.24) is 10.0 Å². The Hall–Kier alpha value is -2.78. The minimum atomic E-state index is -3.43. The van der Waals surface area contributed by atoms with E-state index in [1.165, 1.54) is 7.05 Å². The Balaban J connectivity index is 1.62. The molecule has 0 aliphatic carbocycles. The number of benzene rings is 2. The zero-order valence-electron chi connectivity index (χ0n) is 15.9. The molecule has 0 amide bonds. The Morgan fingerprint density at radius 3 is 2.46 bits per heavy atom. The molecule has 3 rings (SSSR count). The van der Waals surface area contributed by atoms with E-state index >= 15 is 0 Å². The summed E-state index contributed by atoms with van der Waals surface area (Å²) < 4.78 is 37.2. The molecular formula is C19H24N4O4S. The molecule has 0 spiro atoms. The maximum atomic E-state index is 11.8. The van der Waals surface area contributed by atoms with Gasteiger partial charge >= 0.3 is 0 Å². The number of sulfonamides is 1. The molecule has 0 saturated carbocycles. The highest BCUT2D eigenvalue weighted by Crippen LogP contribution is 2.32. The summed E-state index contributed by atoms with van der Waals surface area (Å²) in [6.45, 7) is 1.77. The molecule has 0 atom stereocenters. The Kier molecular flexibility index (Phi) is 6.37. The maximum Gasteiger partial charge on any atom is 0.240 e. The van der Waals surface area contributed by atoms with Crippen molar-refractivity contribution in [2.45, 2.75) is 17.9 Å². The van der Waals surface area contributed by atoms with E-state index in [0.29, 0.717) is 31.5 Å². The number of ether oxygens (including phenoxy) is 2. The summed E-state index contributed by atoms with van der Waals surface area (Å²) in [6.07, 6.45) is 0.856. The van der Waals surface area contributed by atoms with Crippen molar-refractivity contribution >= 4 is 21.7 Å². The Morgan fingerprint density at radius 1 is 1.07 bits per heavy atom. The predicted octanol–water partition coefficient (Wildman–Crippen LogP) is 1.94. The lowest BCUT2D eigenvalue weighted by atomic mass is 10.2. The number of anilines is 1. The lowest BCUT2D eigenvalue weighted by molar-refractivity contribution is 0.297. The van der Waals surface area contributed by atoms with Crippen LogP contribution in [0.1, 0.15) is 12.0 Å². The van der Waals surface area contributed by atoms with Crippen molar-refractivity contribution < 1.29 is 17.9 Å². The van der Waals surface area contributed by atoms with Crippen molar-refractivity contribution in [3.05, 3.63) is 48.0 Å². The standard InChI is InChI=1S/C19H24N4O4S/c1-20-19(22-13-14-4-7-16(8-5-14)28(24,25)21-2)23-15-6-9-17-18(12-15)27-11-3-10-26-17/h4-9,12,21H,3,10-11,13H2,1-2H3,(H2,20,22,23). The first kappa shape index (κ1) is 20.0. The maximum absolute atomic E-state index is 11.8. The van der Waals surface area contributed by atoms with Crippen molar-refractivity contribution in [2.24, 2.45) is 4.99 Å². The molecule has 2 aromatic carbocycles. The minimum Gasteiger partial charge on any atom is -0.490 e. The molecule has 1 heterocycles. The third-order valence-electron chi connectivity index (χ3n) is 4.20. The third kappa shape index (κ3) is 4.93. The zero-order valence-corrected chi connectivity index (χ0v) is 16.7. The van der Waals surface area contributed by atoms with Gasteiger partial charge in [-0.2, -0.15) is 0 Å². The average molecular weight is 404 g/mol. The van der Waals surface area contributed by atoms with Crippen LogP contribution in [0, 0.1) is 0 Å². The molecule has 0 fully saturated rings. The van der Waals surface area contributed by atoms with Crippen LogP contribution in [0.4, 0.5) is 5.69 Å². The van der Waals surface area contributed by atoms with E-state index in [1.54, 1.807) is 31.3 Å². The molecule has 150 valence electrons. The molecule has 1 aliphatic rings. The van der Waals surface area contributed by atoms with Gasteiger partial charge in [-0.3, -0.25) is 4.99 Å².